The van der Waals surface area contributed by atoms with E-state index in [1.807, 2.05) is 20.8 Å². The summed E-state index contributed by atoms with van der Waals surface area (Å²) in [5, 5.41) is 0. The number of hydrogen-bond donors (Lipinski definition) is 1. The minimum absolute atomic E-state index is 0.0903. The predicted molar refractivity (Wildman–Crippen MR) is 54.9 cm³/mol. The van der Waals surface area contributed by atoms with Crippen molar-refractivity contribution < 1.29 is 14.3 Å². The van der Waals surface area contributed by atoms with Gasteiger partial charge in [0.05, 0.1) is 6.61 Å². The first-order chi connectivity index (χ1) is 6.35. The molecule has 0 aromatic carbocycles. The average Bonchev–Trinajstić information content (AvgIpc) is 1.98. The zero-order chi connectivity index (χ0) is 11.2. The molecule has 84 valence electrons. The summed E-state index contributed by atoms with van der Waals surface area (Å²) < 4.78 is 9.99. The minimum atomic E-state index is -0.414. The third-order valence-corrected chi connectivity index (χ3v) is 1.52. The normalized spacial score (nSPS) is 13.8. The van der Waals surface area contributed by atoms with E-state index in [-0.39, 0.29) is 12.0 Å². The van der Waals surface area contributed by atoms with Gasteiger partial charge in [-0.15, -0.1) is 0 Å². The van der Waals surface area contributed by atoms with Crippen LogP contribution in [0.2, 0.25) is 0 Å². The Morgan fingerprint density at radius 2 is 2.00 bits per heavy atom. The molecule has 0 rings (SSSR count). The van der Waals surface area contributed by atoms with Gasteiger partial charge in [0.2, 0.25) is 0 Å². The van der Waals surface area contributed by atoms with Crippen LogP contribution in [0.25, 0.3) is 0 Å². The van der Waals surface area contributed by atoms with Crippen LogP contribution in [0.1, 0.15) is 33.6 Å². The largest absolute Gasteiger partial charge is 0.460 e. The average molecular weight is 203 g/mol. The van der Waals surface area contributed by atoms with E-state index >= 15 is 0 Å². The summed E-state index contributed by atoms with van der Waals surface area (Å²) in [6.45, 7) is 6.02. The molecule has 0 saturated carbocycles. The number of nitrogens with two attached hydrogens (primary N) is 1. The van der Waals surface area contributed by atoms with Gasteiger partial charge in [0.1, 0.15) is 5.60 Å². The quantitative estimate of drug-likeness (QED) is 0.679. The maximum absolute atomic E-state index is 11.2. The van der Waals surface area contributed by atoms with E-state index in [0.29, 0.717) is 19.4 Å². The fourth-order valence-electron chi connectivity index (χ4n) is 0.993. The number of rotatable bonds is 5. The molecule has 0 aromatic heterocycles. The lowest BCUT2D eigenvalue weighted by molar-refractivity contribution is -0.155. The number of carbonyl (C=O) groups excluding carboxylic acids is 1. The van der Waals surface area contributed by atoms with Crippen molar-refractivity contribution in [1.29, 1.82) is 0 Å². The van der Waals surface area contributed by atoms with Gasteiger partial charge in [-0.1, -0.05) is 0 Å². The Bertz CT molecular complexity index is 175. The van der Waals surface area contributed by atoms with Crippen molar-refractivity contribution in [3.8, 4) is 0 Å². The van der Waals surface area contributed by atoms with Gasteiger partial charge in [-0.3, -0.25) is 4.79 Å². The van der Waals surface area contributed by atoms with Crippen LogP contribution in [-0.2, 0) is 14.3 Å². The Hall–Kier alpha value is -0.610. The Morgan fingerprint density at radius 1 is 1.43 bits per heavy atom. The summed E-state index contributed by atoms with van der Waals surface area (Å²) in [5.41, 5.74) is 5.25. The fourth-order valence-corrected chi connectivity index (χ4v) is 0.993. The number of hydrogen-bond acceptors (Lipinski definition) is 4. The standard InChI is InChI=1S/C10H21NO3/c1-10(2,3)14-9(12)6-5-8(11)7-13-4/h8H,5-7,11H2,1-4H3/t8-/m0/s1. The molecule has 0 fully saturated rings. The number of carbonyl (C=O) groups is 1. The third-order valence-electron chi connectivity index (χ3n) is 1.52. The molecule has 0 spiro atoms. The second kappa shape index (κ2) is 5.98. The van der Waals surface area contributed by atoms with E-state index in [0.717, 1.165) is 0 Å². The van der Waals surface area contributed by atoms with E-state index in [1.54, 1.807) is 7.11 Å². The summed E-state index contributed by atoms with van der Waals surface area (Å²) in [4.78, 5) is 11.2. The van der Waals surface area contributed by atoms with Crippen molar-refractivity contribution in [2.45, 2.75) is 45.3 Å². The molecule has 0 heterocycles. The SMILES string of the molecule is COC[C@@H](N)CCC(=O)OC(C)(C)C. The van der Waals surface area contributed by atoms with Gasteiger partial charge in [0.25, 0.3) is 0 Å². The molecular formula is C10H21NO3. The molecule has 4 nitrogen and oxygen atoms in total. The lowest BCUT2D eigenvalue weighted by Crippen LogP contribution is -2.28. The van der Waals surface area contributed by atoms with Crippen LogP contribution >= 0.6 is 0 Å². The van der Waals surface area contributed by atoms with Crippen LogP contribution in [0, 0.1) is 0 Å². The van der Waals surface area contributed by atoms with Crippen molar-refractivity contribution in [1.82, 2.24) is 0 Å². The molecule has 0 aliphatic rings. The Balaban J connectivity index is 3.64. The lowest BCUT2D eigenvalue weighted by atomic mass is 10.1. The lowest BCUT2D eigenvalue weighted by Gasteiger charge is -2.20. The first-order valence-electron chi connectivity index (χ1n) is 4.81. The summed E-state index contributed by atoms with van der Waals surface area (Å²) in [5.74, 6) is -0.205. The summed E-state index contributed by atoms with van der Waals surface area (Å²) in [6.07, 6.45) is 0.949. The van der Waals surface area contributed by atoms with Crippen LogP contribution in [0.3, 0.4) is 0 Å². The molecule has 0 radical (unpaired) electrons. The van der Waals surface area contributed by atoms with Crippen molar-refractivity contribution in [2.24, 2.45) is 5.73 Å². The van der Waals surface area contributed by atoms with Crippen molar-refractivity contribution in [3.63, 3.8) is 0 Å². The Labute approximate surface area is 85.8 Å². The van der Waals surface area contributed by atoms with Crippen molar-refractivity contribution >= 4 is 5.97 Å². The van der Waals surface area contributed by atoms with Gasteiger partial charge in [-0.2, -0.15) is 0 Å². The van der Waals surface area contributed by atoms with E-state index in [2.05, 4.69) is 0 Å². The van der Waals surface area contributed by atoms with Crippen LogP contribution in [0.4, 0.5) is 0 Å². The van der Waals surface area contributed by atoms with Crippen LogP contribution < -0.4 is 5.73 Å². The predicted octanol–water partition coefficient (Wildman–Crippen LogP) is 1.08. The van der Waals surface area contributed by atoms with Gasteiger partial charge in [0.15, 0.2) is 0 Å². The van der Waals surface area contributed by atoms with Gasteiger partial charge < -0.3 is 15.2 Å². The highest BCUT2D eigenvalue weighted by atomic mass is 16.6. The minimum Gasteiger partial charge on any atom is -0.460 e. The second-order valence-corrected chi connectivity index (χ2v) is 4.34. The van der Waals surface area contributed by atoms with Gasteiger partial charge in [-0.05, 0) is 27.2 Å². The van der Waals surface area contributed by atoms with Crippen LogP contribution in [0.5, 0.6) is 0 Å². The number of methoxy groups -OCH3 is 1. The summed E-state index contributed by atoms with van der Waals surface area (Å²) >= 11 is 0. The molecule has 2 N–H and O–H groups in total. The zero-order valence-electron chi connectivity index (χ0n) is 9.50. The highest BCUT2D eigenvalue weighted by Crippen LogP contribution is 2.09. The smallest absolute Gasteiger partial charge is 0.306 e. The molecule has 0 amide bonds. The van der Waals surface area contributed by atoms with Crippen LogP contribution in [0.15, 0.2) is 0 Å². The molecule has 14 heavy (non-hydrogen) atoms. The summed E-state index contributed by atoms with van der Waals surface area (Å²) in [6, 6.07) is -0.0903. The molecule has 0 aromatic rings. The molecular weight excluding hydrogens is 182 g/mol. The van der Waals surface area contributed by atoms with Gasteiger partial charge >= 0.3 is 5.97 Å². The highest BCUT2D eigenvalue weighted by Gasteiger charge is 2.16. The Morgan fingerprint density at radius 3 is 2.43 bits per heavy atom. The van der Waals surface area contributed by atoms with Crippen LogP contribution in [-0.4, -0.2) is 31.3 Å². The maximum Gasteiger partial charge on any atom is 0.306 e. The van der Waals surface area contributed by atoms with E-state index < -0.39 is 5.60 Å². The second-order valence-electron chi connectivity index (χ2n) is 4.34. The topological polar surface area (TPSA) is 61.5 Å². The zero-order valence-corrected chi connectivity index (χ0v) is 9.50. The monoisotopic (exact) mass is 203 g/mol. The van der Waals surface area contributed by atoms with Gasteiger partial charge in [0, 0.05) is 19.6 Å². The van der Waals surface area contributed by atoms with Crippen molar-refractivity contribution in [2.75, 3.05) is 13.7 Å². The molecule has 0 bridgehead atoms. The first-order valence-corrected chi connectivity index (χ1v) is 4.81. The fraction of sp³-hybridized carbons (Fsp3) is 0.900. The molecule has 0 aliphatic heterocycles. The third kappa shape index (κ3) is 8.01. The first kappa shape index (κ1) is 13.4. The van der Waals surface area contributed by atoms with E-state index in [1.165, 1.54) is 0 Å². The van der Waals surface area contributed by atoms with Crippen molar-refractivity contribution in [3.05, 3.63) is 0 Å². The molecule has 0 unspecified atom stereocenters. The number of ether oxygens (including phenoxy) is 2. The molecule has 1 atom stereocenters. The summed E-state index contributed by atoms with van der Waals surface area (Å²) in [7, 11) is 1.59. The molecule has 4 heteroatoms. The maximum atomic E-state index is 11.2. The highest BCUT2D eigenvalue weighted by molar-refractivity contribution is 5.69. The van der Waals surface area contributed by atoms with E-state index in [9.17, 15) is 4.79 Å². The van der Waals surface area contributed by atoms with Gasteiger partial charge in [-0.25, -0.2) is 0 Å². The number of esters is 1. The van der Waals surface area contributed by atoms with E-state index in [4.69, 9.17) is 15.2 Å². The molecule has 0 saturated heterocycles. The molecule has 0 aliphatic carbocycles. The Kier molecular flexibility index (Phi) is 5.72.